The van der Waals surface area contributed by atoms with Crippen LogP contribution in [-0.2, 0) is 11.3 Å². The maximum absolute atomic E-state index is 10.8. The minimum Gasteiger partial charge on any atom is -0.490 e. The first-order chi connectivity index (χ1) is 9.43. The maximum atomic E-state index is 10.8. The molecule has 0 aromatic heterocycles. The molecule has 0 aliphatic carbocycles. The van der Waals surface area contributed by atoms with Crippen molar-refractivity contribution in [1.82, 2.24) is 5.32 Å². The van der Waals surface area contributed by atoms with Gasteiger partial charge in [0.1, 0.15) is 6.04 Å². The number of carbonyl (C=O) groups is 1. The number of nitrogens with one attached hydrogen (secondary N) is 1. The van der Waals surface area contributed by atoms with Gasteiger partial charge in [-0.3, -0.25) is 4.79 Å². The van der Waals surface area contributed by atoms with Crippen LogP contribution in [0, 0.1) is 0 Å². The molecule has 0 aliphatic rings. The summed E-state index contributed by atoms with van der Waals surface area (Å²) in [5.41, 5.74) is 0.956. The molecule has 0 unspecified atom stereocenters. The molecule has 1 atom stereocenters. The second kappa shape index (κ2) is 7.75. The highest BCUT2D eigenvalue weighted by atomic mass is 16.5. The van der Waals surface area contributed by atoms with E-state index in [9.17, 15) is 4.79 Å². The van der Waals surface area contributed by atoms with Gasteiger partial charge in [-0.05, 0) is 45.4 Å². The second-order valence-corrected chi connectivity index (χ2v) is 4.82. The molecule has 20 heavy (non-hydrogen) atoms. The normalized spacial score (nSPS) is 12.2. The van der Waals surface area contributed by atoms with E-state index in [-0.39, 0.29) is 6.10 Å². The molecule has 0 heterocycles. The molecule has 112 valence electrons. The van der Waals surface area contributed by atoms with E-state index in [0.717, 1.165) is 5.56 Å². The molecule has 5 heteroatoms. The summed E-state index contributed by atoms with van der Waals surface area (Å²) in [7, 11) is 0. The van der Waals surface area contributed by atoms with Gasteiger partial charge in [-0.1, -0.05) is 6.07 Å². The van der Waals surface area contributed by atoms with Gasteiger partial charge < -0.3 is 19.9 Å². The van der Waals surface area contributed by atoms with Crippen molar-refractivity contribution in [3.05, 3.63) is 23.8 Å². The fourth-order valence-corrected chi connectivity index (χ4v) is 1.64. The smallest absolute Gasteiger partial charge is 0.320 e. The number of aliphatic carboxylic acids is 1. The molecular weight excluding hydrogens is 258 g/mol. The summed E-state index contributed by atoms with van der Waals surface area (Å²) in [4.78, 5) is 10.8. The van der Waals surface area contributed by atoms with E-state index in [1.165, 1.54) is 0 Å². The van der Waals surface area contributed by atoms with Gasteiger partial charge in [0.05, 0.1) is 12.7 Å². The van der Waals surface area contributed by atoms with Crippen LogP contribution in [0.4, 0.5) is 0 Å². The van der Waals surface area contributed by atoms with Crippen molar-refractivity contribution in [2.75, 3.05) is 6.61 Å². The van der Waals surface area contributed by atoms with E-state index in [1.807, 2.05) is 39.0 Å². The number of carboxylic acids is 1. The second-order valence-electron chi connectivity index (χ2n) is 4.82. The lowest BCUT2D eigenvalue weighted by molar-refractivity contribution is -0.139. The third-order valence-electron chi connectivity index (χ3n) is 2.65. The van der Waals surface area contributed by atoms with E-state index in [2.05, 4.69) is 5.32 Å². The number of hydrogen-bond acceptors (Lipinski definition) is 4. The molecule has 2 N–H and O–H groups in total. The topological polar surface area (TPSA) is 67.8 Å². The molecule has 0 aliphatic heterocycles. The largest absolute Gasteiger partial charge is 0.490 e. The Bertz CT molecular complexity index is 445. The van der Waals surface area contributed by atoms with Crippen LogP contribution in [0.25, 0.3) is 0 Å². The predicted molar refractivity (Wildman–Crippen MR) is 77.3 cm³/mol. The van der Waals surface area contributed by atoms with Crippen LogP contribution in [0.1, 0.15) is 33.3 Å². The Morgan fingerprint density at radius 3 is 2.55 bits per heavy atom. The van der Waals surface area contributed by atoms with Crippen molar-refractivity contribution >= 4 is 5.97 Å². The number of carboxylic acid groups (broad SMARTS) is 1. The number of rotatable bonds is 8. The average Bonchev–Trinajstić information content (AvgIpc) is 2.38. The lowest BCUT2D eigenvalue weighted by Gasteiger charge is -2.16. The van der Waals surface area contributed by atoms with Crippen LogP contribution in [0.15, 0.2) is 18.2 Å². The van der Waals surface area contributed by atoms with Crippen molar-refractivity contribution in [3.8, 4) is 11.5 Å². The minimum absolute atomic E-state index is 0.0743. The van der Waals surface area contributed by atoms with Crippen LogP contribution < -0.4 is 14.8 Å². The van der Waals surface area contributed by atoms with Crippen LogP contribution in [0.2, 0.25) is 0 Å². The van der Waals surface area contributed by atoms with Gasteiger partial charge in [-0.15, -0.1) is 0 Å². The van der Waals surface area contributed by atoms with Crippen LogP contribution in [-0.4, -0.2) is 29.8 Å². The minimum atomic E-state index is -0.866. The van der Waals surface area contributed by atoms with E-state index >= 15 is 0 Å². The Labute approximate surface area is 119 Å². The summed E-state index contributed by atoms with van der Waals surface area (Å²) >= 11 is 0. The lowest BCUT2D eigenvalue weighted by Crippen LogP contribution is -2.33. The summed E-state index contributed by atoms with van der Waals surface area (Å²) < 4.78 is 11.2. The zero-order valence-corrected chi connectivity index (χ0v) is 12.5. The summed E-state index contributed by atoms with van der Waals surface area (Å²) in [6, 6.07) is 5.05. The van der Waals surface area contributed by atoms with Gasteiger partial charge in [-0.2, -0.15) is 0 Å². The van der Waals surface area contributed by atoms with Crippen molar-refractivity contribution in [1.29, 1.82) is 0 Å². The van der Waals surface area contributed by atoms with Crippen LogP contribution >= 0.6 is 0 Å². The quantitative estimate of drug-likeness (QED) is 0.766. The molecule has 0 bridgehead atoms. The van der Waals surface area contributed by atoms with Gasteiger partial charge in [0, 0.05) is 6.54 Å². The molecule has 0 fully saturated rings. The van der Waals surface area contributed by atoms with Crippen molar-refractivity contribution in [2.24, 2.45) is 0 Å². The number of ether oxygens (including phenoxy) is 2. The molecular formula is C15H23NO4. The molecule has 1 aromatic carbocycles. The van der Waals surface area contributed by atoms with E-state index in [1.54, 1.807) is 6.92 Å². The summed E-state index contributed by atoms with van der Waals surface area (Å²) in [5, 5.41) is 11.8. The van der Waals surface area contributed by atoms with Crippen LogP contribution in [0.5, 0.6) is 11.5 Å². The Morgan fingerprint density at radius 2 is 2.00 bits per heavy atom. The molecule has 0 radical (unpaired) electrons. The first-order valence-electron chi connectivity index (χ1n) is 6.82. The monoisotopic (exact) mass is 281 g/mol. The predicted octanol–water partition coefficient (Wildman–Crippen LogP) is 2.44. The third kappa shape index (κ3) is 5.09. The Morgan fingerprint density at radius 1 is 1.30 bits per heavy atom. The van der Waals surface area contributed by atoms with Crippen molar-refractivity contribution < 1.29 is 19.4 Å². The Kier molecular flexibility index (Phi) is 6.31. The Hall–Kier alpha value is -1.75. The van der Waals surface area contributed by atoms with Crippen molar-refractivity contribution in [2.45, 2.75) is 46.4 Å². The van der Waals surface area contributed by atoms with E-state index in [0.29, 0.717) is 24.7 Å². The first-order valence-corrected chi connectivity index (χ1v) is 6.82. The fourth-order valence-electron chi connectivity index (χ4n) is 1.64. The van der Waals surface area contributed by atoms with Gasteiger partial charge >= 0.3 is 5.97 Å². The van der Waals surface area contributed by atoms with E-state index in [4.69, 9.17) is 14.6 Å². The third-order valence-corrected chi connectivity index (χ3v) is 2.65. The molecule has 1 aromatic rings. The first kappa shape index (κ1) is 16.3. The highest BCUT2D eigenvalue weighted by Crippen LogP contribution is 2.29. The summed E-state index contributed by atoms with van der Waals surface area (Å²) in [6.07, 6.45) is 0.0743. The zero-order chi connectivity index (χ0) is 15.1. The molecule has 0 amide bonds. The highest BCUT2D eigenvalue weighted by molar-refractivity contribution is 5.72. The average molecular weight is 281 g/mol. The summed E-state index contributed by atoms with van der Waals surface area (Å²) in [5.74, 6) is 0.523. The van der Waals surface area contributed by atoms with Gasteiger partial charge in [0.2, 0.25) is 0 Å². The fraction of sp³-hybridized carbons (Fsp3) is 0.533. The van der Waals surface area contributed by atoms with Gasteiger partial charge in [0.25, 0.3) is 0 Å². The molecule has 5 nitrogen and oxygen atoms in total. The summed E-state index contributed by atoms with van der Waals surface area (Å²) in [6.45, 7) is 8.46. The number of benzene rings is 1. The Balaban J connectivity index is 2.78. The van der Waals surface area contributed by atoms with Gasteiger partial charge in [0.15, 0.2) is 11.5 Å². The zero-order valence-electron chi connectivity index (χ0n) is 12.5. The van der Waals surface area contributed by atoms with Crippen molar-refractivity contribution in [3.63, 3.8) is 0 Å². The lowest BCUT2D eigenvalue weighted by atomic mass is 10.2. The maximum Gasteiger partial charge on any atom is 0.320 e. The standard InChI is InChI=1S/C15H23NO4/c1-5-19-14-8-12(9-16-11(4)15(17)18)6-7-13(14)20-10(2)3/h6-8,10-11,16H,5,9H2,1-4H3,(H,17,18)/t11-/m1/s1. The highest BCUT2D eigenvalue weighted by Gasteiger charge is 2.11. The van der Waals surface area contributed by atoms with E-state index < -0.39 is 12.0 Å². The molecule has 0 saturated heterocycles. The van der Waals surface area contributed by atoms with Crippen LogP contribution in [0.3, 0.4) is 0 Å². The molecule has 1 rings (SSSR count). The van der Waals surface area contributed by atoms with Gasteiger partial charge in [-0.25, -0.2) is 0 Å². The molecule has 0 saturated carbocycles. The SMILES string of the molecule is CCOc1cc(CN[C@H](C)C(=O)O)ccc1OC(C)C. The molecule has 0 spiro atoms. The number of hydrogen-bond donors (Lipinski definition) is 2.